The topological polar surface area (TPSA) is 51.4 Å². The van der Waals surface area contributed by atoms with Gasteiger partial charge in [-0.1, -0.05) is 48.0 Å². The summed E-state index contributed by atoms with van der Waals surface area (Å²) in [6.45, 7) is 7.76. The van der Waals surface area contributed by atoms with Gasteiger partial charge in [-0.05, 0) is 31.5 Å². The lowest BCUT2D eigenvalue weighted by Crippen LogP contribution is -2.36. The SMILES string of the molecule is Cc1cccc(-c2nnc(C(C)N3C[C@@H]4COC[C@]4(c4ccccc4)C3)o2)c1. The lowest BCUT2D eigenvalue weighted by molar-refractivity contribution is 0.129. The van der Waals surface area contributed by atoms with Crippen molar-refractivity contribution < 1.29 is 9.15 Å². The second-order valence-corrected chi connectivity index (χ2v) is 8.15. The summed E-state index contributed by atoms with van der Waals surface area (Å²) in [4.78, 5) is 2.47. The van der Waals surface area contributed by atoms with Crippen LogP contribution in [0.15, 0.2) is 59.0 Å². The van der Waals surface area contributed by atoms with Gasteiger partial charge in [0.05, 0.1) is 19.3 Å². The lowest BCUT2D eigenvalue weighted by Gasteiger charge is -2.29. The maximum absolute atomic E-state index is 6.06. The van der Waals surface area contributed by atoms with Gasteiger partial charge in [-0.15, -0.1) is 10.2 Å². The van der Waals surface area contributed by atoms with E-state index in [0.29, 0.717) is 17.7 Å². The smallest absolute Gasteiger partial charge is 0.247 e. The highest BCUT2D eigenvalue weighted by Crippen LogP contribution is 2.46. The maximum atomic E-state index is 6.06. The van der Waals surface area contributed by atoms with Gasteiger partial charge in [-0.2, -0.15) is 0 Å². The molecule has 3 atom stereocenters. The van der Waals surface area contributed by atoms with E-state index in [-0.39, 0.29) is 11.5 Å². The zero-order valence-corrected chi connectivity index (χ0v) is 16.3. The number of likely N-dealkylation sites (tertiary alicyclic amines) is 1. The van der Waals surface area contributed by atoms with Crippen LogP contribution in [0.2, 0.25) is 0 Å². The van der Waals surface area contributed by atoms with Gasteiger partial charge in [0.15, 0.2) is 0 Å². The Morgan fingerprint density at radius 2 is 1.96 bits per heavy atom. The van der Waals surface area contributed by atoms with Crippen molar-refractivity contribution in [1.29, 1.82) is 0 Å². The number of hydrogen-bond acceptors (Lipinski definition) is 5. The Morgan fingerprint density at radius 1 is 1.11 bits per heavy atom. The van der Waals surface area contributed by atoms with Crippen LogP contribution in [0, 0.1) is 12.8 Å². The number of fused-ring (bicyclic) bond motifs is 1. The van der Waals surface area contributed by atoms with E-state index in [1.54, 1.807) is 0 Å². The molecule has 2 aliphatic heterocycles. The minimum atomic E-state index is 0.0644. The van der Waals surface area contributed by atoms with E-state index in [0.717, 1.165) is 31.9 Å². The molecule has 0 bridgehead atoms. The van der Waals surface area contributed by atoms with Crippen LogP contribution in [0.5, 0.6) is 0 Å². The van der Waals surface area contributed by atoms with E-state index in [1.807, 2.05) is 12.1 Å². The third-order valence-corrected chi connectivity index (χ3v) is 6.36. The normalized spacial score (nSPS) is 25.7. The standard InChI is InChI=1S/C23H25N3O2/c1-16-7-6-8-18(11-16)22-25-24-21(28-22)17(2)26-12-20-13-27-15-23(20,14-26)19-9-4-3-5-10-19/h3-11,17,20H,12-15H2,1-2H3/t17?,20-,23+/m1/s1. The van der Waals surface area contributed by atoms with Gasteiger partial charge in [-0.25, -0.2) is 0 Å². The van der Waals surface area contributed by atoms with Crippen LogP contribution in [-0.4, -0.2) is 41.4 Å². The maximum Gasteiger partial charge on any atom is 0.247 e. The van der Waals surface area contributed by atoms with Crippen molar-refractivity contribution >= 4 is 0 Å². The van der Waals surface area contributed by atoms with Crippen LogP contribution in [-0.2, 0) is 10.2 Å². The lowest BCUT2D eigenvalue weighted by atomic mass is 9.75. The second kappa shape index (κ2) is 6.83. The van der Waals surface area contributed by atoms with E-state index in [1.165, 1.54) is 11.1 Å². The molecule has 0 amide bonds. The average molecular weight is 375 g/mol. The highest BCUT2D eigenvalue weighted by atomic mass is 16.5. The first-order valence-corrected chi connectivity index (χ1v) is 9.93. The van der Waals surface area contributed by atoms with Crippen LogP contribution < -0.4 is 0 Å². The summed E-state index contributed by atoms with van der Waals surface area (Å²) in [5.74, 6) is 1.77. The molecule has 144 valence electrons. The molecule has 0 N–H and O–H groups in total. The van der Waals surface area contributed by atoms with Crippen molar-refractivity contribution in [3.05, 3.63) is 71.6 Å². The number of rotatable bonds is 4. The highest BCUT2D eigenvalue weighted by Gasteiger charge is 2.52. The van der Waals surface area contributed by atoms with Gasteiger partial charge in [0, 0.05) is 30.0 Å². The molecule has 5 rings (SSSR count). The van der Waals surface area contributed by atoms with E-state index < -0.39 is 0 Å². The predicted octanol–water partition coefficient (Wildman–Crippen LogP) is 4.01. The summed E-state index contributed by atoms with van der Waals surface area (Å²) < 4.78 is 12.0. The quantitative estimate of drug-likeness (QED) is 0.690. The van der Waals surface area contributed by atoms with Crippen molar-refractivity contribution in [3.63, 3.8) is 0 Å². The zero-order chi connectivity index (χ0) is 19.1. The van der Waals surface area contributed by atoms with E-state index in [2.05, 4.69) is 71.4 Å². The van der Waals surface area contributed by atoms with Gasteiger partial charge >= 0.3 is 0 Å². The van der Waals surface area contributed by atoms with Gasteiger partial charge in [0.25, 0.3) is 0 Å². The van der Waals surface area contributed by atoms with Crippen LogP contribution >= 0.6 is 0 Å². The third-order valence-electron chi connectivity index (χ3n) is 6.36. The number of aryl methyl sites for hydroxylation is 1. The fraction of sp³-hybridized carbons (Fsp3) is 0.391. The van der Waals surface area contributed by atoms with Crippen molar-refractivity contribution in [2.45, 2.75) is 25.3 Å². The molecule has 0 spiro atoms. The summed E-state index contributed by atoms with van der Waals surface area (Å²) in [7, 11) is 0. The van der Waals surface area contributed by atoms with E-state index >= 15 is 0 Å². The molecule has 1 aromatic heterocycles. The third kappa shape index (κ3) is 2.86. The van der Waals surface area contributed by atoms with Crippen LogP contribution in [0.1, 0.15) is 30.0 Å². The summed E-state index contributed by atoms with van der Waals surface area (Å²) in [5.41, 5.74) is 3.59. The average Bonchev–Trinajstić information content (AvgIpc) is 3.42. The minimum absolute atomic E-state index is 0.0644. The van der Waals surface area contributed by atoms with Gasteiger partial charge in [0.1, 0.15) is 0 Å². The Kier molecular flexibility index (Phi) is 4.29. The van der Waals surface area contributed by atoms with Crippen LogP contribution in [0.4, 0.5) is 0 Å². The molecule has 2 aromatic carbocycles. The summed E-state index contributed by atoms with van der Waals surface area (Å²) in [5, 5.41) is 8.67. The number of aromatic nitrogens is 2. The molecular formula is C23H25N3O2. The number of ether oxygens (including phenoxy) is 1. The molecule has 3 heterocycles. The first kappa shape index (κ1) is 17.6. The van der Waals surface area contributed by atoms with Gasteiger partial charge < -0.3 is 9.15 Å². The number of hydrogen-bond donors (Lipinski definition) is 0. The zero-order valence-electron chi connectivity index (χ0n) is 16.3. The fourth-order valence-corrected chi connectivity index (χ4v) is 4.70. The predicted molar refractivity (Wildman–Crippen MR) is 107 cm³/mol. The molecule has 3 aromatic rings. The van der Waals surface area contributed by atoms with Crippen molar-refractivity contribution in [3.8, 4) is 11.5 Å². The monoisotopic (exact) mass is 375 g/mol. The first-order valence-electron chi connectivity index (χ1n) is 9.93. The summed E-state index contributed by atoms with van der Waals surface area (Å²) in [6, 6.07) is 19.0. The molecule has 5 heteroatoms. The van der Waals surface area contributed by atoms with Gasteiger partial charge in [0.2, 0.25) is 11.8 Å². The molecule has 0 radical (unpaired) electrons. The first-order chi connectivity index (χ1) is 13.7. The van der Waals surface area contributed by atoms with E-state index in [9.17, 15) is 0 Å². The molecule has 5 nitrogen and oxygen atoms in total. The number of benzene rings is 2. The summed E-state index contributed by atoms with van der Waals surface area (Å²) >= 11 is 0. The Bertz CT molecular complexity index is 971. The second-order valence-electron chi connectivity index (χ2n) is 8.15. The Hall–Kier alpha value is -2.50. The van der Waals surface area contributed by atoms with E-state index in [4.69, 9.17) is 9.15 Å². The van der Waals surface area contributed by atoms with Crippen LogP contribution in [0.3, 0.4) is 0 Å². The fourth-order valence-electron chi connectivity index (χ4n) is 4.70. The molecule has 0 aliphatic carbocycles. The molecule has 2 aliphatic rings. The Balaban J connectivity index is 1.39. The highest BCUT2D eigenvalue weighted by molar-refractivity contribution is 5.53. The molecule has 2 saturated heterocycles. The van der Waals surface area contributed by atoms with Crippen molar-refractivity contribution in [1.82, 2.24) is 15.1 Å². The largest absolute Gasteiger partial charge is 0.419 e. The van der Waals surface area contributed by atoms with Crippen molar-refractivity contribution in [2.75, 3.05) is 26.3 Å². The Morgan fingerprint density at radius 3 is 2.79 bits per heavy atom. The molecule has 0 saturated carbocycles. The number of nitrogens with zero attached hydrogens (tertiary/aromatic N) is 3. The minimum Gasteiger partial charge on any atom is -0.419 e. The Labute approximate surface area is 165 Å². The van der Waals surface area contributed by atoms with Crippen LogP contribution in [0.25, 0.3) is 11.5 Å². The molecule has 28 heavy (non-hydrogen) atoms. The van der Waals surface area contributed by atoms with Crippen molar-refractivity contribution in [2.24, 2.45) is 5.92 Å². The molecule has 1 unspecified atom stereocenters. The van der Waals surface area contributed by atoms with Gasteiger partial charge in [-0.3, -0.25) is 4.90 Å². The summed E-state index contributed by atoms with van der Waals surface area (Å²) in [6.07, 6.45) is 0. The molecule has 2 fully saturated rings. The molecular weight excluding hydrogens is 350 g/mol.